The van der Waals surface area contributed by atoms with Gasteiger partial charge in [-0.2, -0.15) is 0 Å². The summed E-state index contributed by atoms with van der Waals surface area (Å²) >= 11 is 6.02. The van der Waals surface area contributed by atoms with E-state index in [0.29, 0.717) is 16.3 Å². The number of halogens is 1. The Kier molecular flexibility index (Phi) is 4.30. The monoisotopic (exact) mass is 289 g/mol. The highest BCUT2D eigenvalue weighted by molar-refractivity contribution is 6.31. The van der Waals surface area contributed by atoms with Gasteiger partial charge in [0.1, 0.15) is 6.61 Å². The van der Waals surface area contributed by atoms with Gasteiger partial charge in [0, 0.05) is 16.3 Å². The number of carbonyl (C=O) groups excluding carboxylic acids is 1. The number of hydrogen-bond donors (Lipinski definition) is 1. The zero-order chi connectivity index (χ0) is 14.7. The summed E-state index contributed by atoms with van der Waals surface area (Å²) in [4.78, 5) is 12.1. The quantitative estimate of drug-likeness (QED) is 0.689. The number of esters is 1. The zero-order valence-corrected chi connectivity index (χ0v) is 12.2. The number of anilines is 1. The molecule has 0 aromatic heterocycles. The van der Waals surface area contributed by atoms with Crippen LogP contribution < -0.4 is 5.73 Å². The van der Waals surface area contributed by atoms with Gasteiger partial charge in [-0.3, -0.25) is 0 Å². The van der Waals surface area contributed by atoms with Crippen LogP contribution in [0.1, 0.15) is 27.0 Å². The molecule has 0 amide bonds. The molecule has 2 aromatic carbocycles. The zero-order valence-electron chi connectivity index (χ0n) is 11.4. The van der Waals surface area contributed by atoms with Crippen molar-refractivity contribution in [3.63, 3.8) is 0 Å². The first-order chi connectivity index (χ1) is 9.49. The van der Waals surface area contributed by atoms with Crippen LogP contribution in [0.5, 0.6) is 0 Å². The number of rotatable bonds is 3. The highest BCUT2D eigenvalue weighted by atomic mass is 35.5. The third-order valence-electron chi connectivity index (χ3n) is 3.15. The first-order valence-corrected chi connectivity index (χ1v) is 6.64. The second-order valence-corrected chi connectivity index (χ2v) is 5.10. The van der Waals surface area contributed by atoms with E-state index in [1.807, 2.05) is 38.1 Å². The van der Waals surface area contributed by atoms with Crippen molar-refractivity contribution in [3.8, 4) is 0 Å². The van der Waals surface area contributed by atoms with Crippen LogP contribution in [0.2, 0.25) is 5.02 Å². The number of nitrogen functional groups attached to an aromatic ring is 1. The van der Waals surface area contributed by atoms with Gasteiger partial charge in [-0.15, -0.1) is 0 Å². The Balaban J connectivity index is 2.13. The highest BCUT2D eigenvalue weighted by Crippen LogP contribution is 2.20. The molecule has 0 heterocycles. The number of nitrogens with two attached hydrogens (primary N) is 1. The van der Waals surface area contributed by atoms with Crippen molar-refractivity contribution in [2.45, 2.75) is 20.5 Å². The van der Waals surface area contributed by atoms with Gasteiger partial charge in [-0.25, -0.2) is 4.79 Å². The maximum absolute atomic E-state index is 12.1. The van der Waals surface area contributed by atoms with Gasteiger partial charge in [-0.1, -0.05) is 35.9 Å². The average Bonchev–Trinajstić information content (AvgIpc) is 2.41. The Morgan fingerprint density at radius 2 is 1.90 bits per heavy atom. The smallest absolute Gasteiger partial charge is 0.338 e. The first-order valence-electron chi connectivity index (χ1n) is 6.26. The van der Waals surface area contributed by atoms with Gasteiger partial charge in [0.2, 0.25) is 0 Å². The molecule has 2 rings (SSSR count). The molecular formula is C16H16ClNO2. The fourth-order valence-corrected chi connectivity index (χ4v) is 2.12. The third kappa shape index (κ3) is 3.11. The van der Waals surface area contributed by atoms with E-state index in [2.05, 4.69) is 0 Å². The highest BCUT2D eigenvalue weighted by Gasteiger charge is 2.13. The van der Waals surface area contributed by atoms with Crippen LogP contribution in [0.15, 0.2) is 36.4 Å². The molecule has 0 saturated heterocycles. The summed E-state index contributed by atoms with van der Waals surface area (Å²) in [5.41, 5.74) is 9.47. The molecule has 0 aliphatic heterocycles. The number of ether oxygens (including phenoxy) is 1. The maximum Gasteiger partial charge on any atom is 0.338 e. The molecule has 0 aliphatic rings. The summed E-state index contributed by atoms with van der Waals surface area (Å²) in [6, 6.07) is 10.8. The molecule has 2 N–H and O–H groups in total. The first kappa shape index (κ1) is 14.4. The number of aryl methyl sites for hydroxylation is 2. The lowest BCUT2D eigenvalue weighted by Crippen LogP contribution is -2.08. The normalized spacial score (nSPS) is 10.3. The molecule has 0 atom stereocenters. The minimum atomic E-state index is -0.394. The van der Waals surface area contributed by atoms with E-state index < -0.39 is 5.97 Å². The molecule has 3 nitrogen and oxygen atoms in total. The molecule has 2 aromatic rings. The Bertz CT molecular complexity index is 653. The molecule has 0 spiro atoms. The van der Waals surface area contributed by atoms with E-state index in [0.717, 1.165) is 16.7 Å². The van der Waals surface area contributed by atoms with Crippen molar-refractivity contribution in [3.05, 3.63) is 63.7 Å². The maximum atomic E-state index is 12.1. The van der Waals surface area contributed by atoms with Crippen LogP contribution in [0.25, 0.3) is 0 Å². The standard InChI is InChI=1S/C16H16ClNO2/c1-10-7-11(2)15(18)8-13(10)16(19)20-9-12-5-3-4-6-14(12)17/h3-8H,9,18H2,1-2H3. The predicted molar refractivity (Wildman–Crippen MR) is 80.9 cm³/mol. The lowest BCUT2D eigenvalue weighted by atomic mass is 10.0. The molecule has 4 heteroatoms. The summed E-state index contributed by atoms with van der Waals surface area (Å²) in [5, 5.41) is 0.584. The minimum absolute atomic E-state index is 0.145. The molecule has 0 bridgehead atoms. The van der Waals surface area contributed by atoms with Crippen molar-refractivity contribution in [1.29, 1.82) is 0 Å². The van der Waals surface area contributed by atoms with E-state index in [4.69, 9.17) is 22.1 Å². The molecule has 0 unspecified atom stereocenters. The lowest BCUT2D eigenvalue weighted by molar-refractivity contribution is 0.0472. The van der Waals surface area contributed by atoms with E-state index >= 15 is 0 Å². The average molecular weight is 290 g/mol. The van der Waals surface area contributed by atoms with Gasteiger partial charge >= 0.3 is 5.97 Å². The van der Waals surface area contributed by atoms with Gasteiger partial charge in [0.15, 0.2) is 0 Å². The number of hydrogen-bond acceptors (Lipinski definition) is 3. The van der Waals surface area contributed by atoms with Crippen LogP contribution in [-0.2, 0) is 11.3 Å². The number of carbonyl (C=O) groups is 1. The Labute approximate surface area is 123 Å². The summed E-state index contributed by atoms with van der Waals surface area (Å²) in [6.07, 6.45) is 0. The topological polar surface area (TPSA) is 52.3 Å². The van der Waals surface area contributed by atoms with E-state index in [-0.39, 0.29) is 6.61 Å². The largest absolute Gasteiger partial charge is 0.457 e. The third-order valence-corrected chi connectivity index (χ3v) is 3.52. The summed E-state index contributed by atoms with van der Waals surface area (Å²) in [5.74, 6) is -0.394. The van der Waals surface area contributed by atoms with Crippen molar-refractivity contribution in [1.82, 2.24) is 0 Å². The van der Waals surface area contributed by atoms with Crippen LogP contribution in [0.3, 0.4) is 0 Å². The van der Waals surface area contributed by atoms with E-state index in [1.54, 1.807) is 12.1 Å². The predicted octanol–water partition coefficient (Wildman–Crippen LogP) is 3.90. The molecule has 0 fully saturated rings. The van der Waals surface area contributed by atoms with Gasteiger partial charge in [0.25, 0.3) is 0 Å². The van der Waals surface area contributed by atoms with Crippen LogP contribution in [-0.4, -0.2) is 5.97 Å². The molecule has 104 valence electrons. The second-order valence-electron chi connectivity index (χ2n) is 4.69. The van der Waals surface area contributed by atoms with Crippen molar-refractivity contribution < 1.29 is 9.53 Å². The fourth-order valence-electron chi connectivity index (χ4n) is 1.93. The van der Waals surface area contributed by atoms with Crippen LogP contribution in [0, 0.1) is 13.8 Å². The van der Waals surface area contributed by atoms with E-state index in [1.165, 1.54) is 0 Å². The molecule has 0 saturated carbocycles. The van der Waals surface area contributed by atoms with Gasteiger partial charge in [0.05, 0.1) is 5.56 Å². The van der Waals surface area contributed by atoms with Gasteiger partial charge in [-0.05, 0) is 37.1 Å². The Morgan fingerprint density at radius 1 is 1.20 bits per heavy atom. The Hall–Kier alpha value is -2.00. The summed E-state index contributed by atoms with van der Waals surface area (Å²) in [6.45, 7) is 3.91. The minimum Gasteiger partial charge on any atom is -0.457 e. The Morgan fingerprint density at radius 3 is 2.60 bits per heavy atom. The molecule has 0 aliphatic carbocycles. The van der Waals surface area contributed by atoms with Gasteiger partial charge < -0.3 is 10.5 Å². The van der Waals surface area contributed by atoms with Crippen molar-refractivity contribution in [2.24, 2.45) is 0 Å². The van der Waals surface area contributed by atoms with Crippen molar-refractivity contribution in [2.75, 3.05) is 5.73 Å². The lowest BCUT2D eigenvalue weighted by Gasteiger charge is -2.10. The summed E-state index contributed by atoms with van der Waals surface area (Å²) in [7, 11) is 0. The molecular weight excluding hydrogens is 274 g/mol. The molecule has 20 heavy (non-hydrogen) atoms. The second kappa shape index (κ2) is 5.97. The van der Waals surface area contributed by atoms with E-state index in [9.17, 15) is 4.79 Å². The SMILES string of the molecule is Cc1cc(C)c(C(=O)OCc2ccccc2Cl)cc1N. The number of benzene rings is 2. The van der Waals surface area contributed by atoms with Crippen molar-refractivity contribution >= 4 is 23.3 Å². The molecule has 0 radical (unpaired) electrons. The fraction of sp³-hybridized carbons (Fsp3) is 0.188. The van der Waals surface area contributed by atoms with Crippen LogP contribution >= 0.6 is 11.6 Å². The summed E-state index contributed by atoms with van der Waals surface area (Å²) < 4.78 is 5.29. The van der Waals surface area contributed by atoms with Crippen LogP contribution in [0.4, 0.5) is 5.69 Å².